The minimum absolute atomic E-state index is 0.0133. The summed E-state index contributed by atoms with van der Waals surface area (Å²) in [6, 6.07) is 8.04. The fourth-order valence-electron chi connectivity index (χ4n) is 4.84. The van der Waals surface area contributed by atoms with Crippen molar-refractivity contribution in [3.05, 3.63) is 52.9 Å². The first-order valence-electron chi connectivity index (χ1n) is 13.0. The predicted molar refractivity (Wildman–Crippen MR) is 152 cm³/mol. The van der Waals surface area contributed by atoms with Gasteiger partial charge in [0.2, 0.25) is 16.0 Å². The summed E-state index contributed by atoms with van der Waals surface area (Å²) >= 11 is 6.61. The van der Waals surface area contributed by atoms with Crippen molar-refractivity contribution in [1.29, 1.82) is 5.26 Å². The van der Waals surface area contributed by atoms with E-state index < -0.39 is 10.0 Å². The largest absolute Gasteiger partial charge is 0.453 e. The van der Waals surface area contributed by atoms with Crippen LogP contribution in [-0.4, -0.2) is 95.1 Å². The number of halogens is 1. The molecule has 0 saturated carbocycles. The van der Waals surface area contributed by atoms with Gasteiger partial charge in [-0.25, -0.2) is 32.2 Å². The minimum Gasteiger partial charge on any atom is -0.453 e. The molecule has 3 aromatic rings. The van der Waals surface area contributed by atoms with E-state index in [1.54, 1.807) is 22.0 Å². The lowest BCUT2D eigenvalue weighted by atomic mass is 10.1. The van der Waals surface area contributed by atoms with Gasteiger partial charge in [-0.2, -0.15) is 10.4 Å². The molecule has 15 heteroatoms. The summed E-state index contributed by atoms with van der Waals surface area (Å²) in [6.45, 7) is 2.65. The van der Waals surface area contributed by atoms with Crippen molar-refractivity contribution in [2.45, 2.75) is 31.5 Å². The molecule has 5 rings (SSSR count). The van der Waals surface area contributed by atoms with E-state index in [9.17, 15) is 18.5 Å². The highest BCUT2D eigenvalue weighted by Crippen LogP contribution is 2.27. The monoisotopic (exact) mass is 599 g/mol. The molecular weight excluding hydrogens is 570 g/mol. The Balaban J connectivity index is 1.24. The van der Waals surface area contributed by atoms with Gasteiger partial charge in [0, 0.05) is 56.6 Å². The van der Waals surface area contributed by atoms with Crippen LogP contribution in [0.4, 0.5) is 10.7 Å². The van der Waals surface area contributed by atoms with Crippen LogP contribution in [0.3, 0.4) is 0 Å². The number of nitrogens with one attached hydrogen (secondary N) is 2. The lowest BCUT2D eigenvalue weighted by molar-refractivity contribution is 0.0799. The first-order chi connectivity index (χ1) is 19.6. The Bertz CT molecular complexity index is 1580. The first kappa shape index (κ1) is 28.7. The number of ether oxygens (including phenoxy) is 1. The second-order valence-electron chi connectivity index (χ2n) is 10.1. The summed E-state index contributed by atoms with van der Waals surface area (Å²) in [6.07, 6.45) is 6.99. The highest BCUT2D eigenvalue weighted by atomic mass is 35.5. The number of likely N-dealkylation sites (tertiary alicyclic amines) is 1. The number of hydrogen-bond acceptors (Lipinski definition) is 10. The van der Waals surface area contributed by atoms with Crippen LogP contribution < -0.4 is 10.6 Å². The van der Waals surface area contributed by atoms with Gasteiger partial charge in [0.25, 0.3) is 0 Å². The number of carbonyl (C=O) groups excluding carboxylic acids is 1. The number of methoxy groups -OCH3 is 1. The van der Waals surface area contributed by atoms with E-state index in [1.165, 1.54) is 23.9 Å². The number of hydrogen-bond donors (Lipinski definition) is 2. The van der Waals surface area contributed by atoms with Crippen molar-refractivity contribution >= 4 is 33.7 Å². The third-order valence-corrected chi connectivity index (χ3v) is 8.80. The van der Waals surface area contributed by atoms with Crippen molar-refractivity contribution in [3.8, 4) is 23.0 Å². The molecule has 2 aliphatic rings. The highest BCUT2D eigenvalue weighted by Gasteiger charge is 2.30. The van der Waals surface area contributed by atoms with E-state index in [0.717, 1.165) is 5.56 Å². The molecule has 2 N–H and O–H groups in total. The van der Waals surface area contributed by atoms with Crippen molar-refractivity contribution in [1.82, 2.24) is 34.3 Å². The summed E-state index contributed by atoms with van der Waals surface area (Å²) in [5, 5.41) is 21.3. The fourth-order valence-corrected chi connectivity index (χ4v) is 6.00. The average molecular weight is 600 g/mol. The molecule has 2 saturated heterocycles. The van der Waals surface area contributed by atoms with Crippen LogP contribution in [-0.2, 0) is 21.3 Å². The number of carbonyl (C=O) groups is 1. The maximum Gasteiger partial charge on any atom is 0.409 e. The number of benzene rings is 1. The molecule has 0 unspecified atom stereocenters. The number of rotatable bonds is 8. The molecule has 13 nitrogen and oxygen atoms in total. The van der Waals surface area contributed by atoms with E-state index in [4.69, 9.17) is 16.3 Å². The number of nitriles is 1. The molecule has 2 aromatic heterocycles. The SMILES string of the molecule is COC(=O)N1CC(NCc2ccc(-n3cc(-c4nc(NC5CCN(S(C)(=O)=O)CC5)ncc4C#N)cn3)c(Cl)c2)C1. The third-order valence-electron chi connectivity index (χ3n) is 7.19. The van der Waals surface area contributed by atoms with Crippen LogP contribution in [0.5, 0.6) is 0 Å². The molecule has 2 fully saturated rings. The van der Waals surface area contributed by atoms with Gasteiger partial charge >= 0.3 is 6.09 Å². The molecule has 41 heavy (non-hydrogen) atoms. The van der Waals surface area contributed by atoms with Crippen molar-refractivity contribution in [3.63, 3.8) is 0 Å². The molecule has 0 bridgehead atoms. The van der Waals surface area contributed by atoms with Gasteiger partial charge in [0.15, 0.2) is 0 Å². The van der Waals surface area contributed by atoms with Crippen LogP contribution in [0.25, 0.3) is 16.9 Å². The van der Waals surface area contributed by atoms with Gasteiger partial charge < -0.3 is 20.3 Å². The summed E-state index contributed by atoms with van der Waals surface area (Å²) in [5.41, 5.74) is 3.02. The van der Waals surface area contributed by atoms with Crippen LogP contribution >= 0.6 is 11.6 Å². The number of piperidine rings is 1. The molecule has 4 heterocycles. The Hall–Kier alpha value is -3.77. The predicted octanol–water partition coefficient (Wildman–Crippen LogP) is 2.23. The maximum atomic E-state index is 11.8. The number of amides is 1. The Morgan fingerprint density at radius 3 is 2.63 bits per heavy atom. The molecular formula is C26H30ClN9O4S. The topological polar surface area (TPSA) is 158 Å². The summed E-state index contributed by atoms with van der Waals surface area (Å²) in [5.74, 6) is 0.362. The van der Waals surface area contributed by atoms with Crippen molar-refractivity contribution < 1.29 is 17.9 Å². The minimum atomic E-state index is -3.21. The summed E-state index contributed by atoms with van der Waals surface area (Å²) < 4.78 is 31.4. The lowest BCUT2D eigenvalue weighted by Gasteiger charge is -2.38. The second-order valence-corrected chi connectivity index (χ2v) is 12.5. The zero-order valence-electron chi connectivity index (χ0n) is 22.6. The Kier molecular flexibility index (Phi) is 8.41. The Labute approximate surface area is 243 Å². The molecule has 0 aliphatic carbocycles. The van der Waals surface area contributed by atoms with Gasteiger partial charge in [0.1, 0.15) is 6.07 Å². The standard InChI is InChI=1S/C26H30ClN9O4S/c1-40-26(37)34-15-21(16-34)29-11-17-3-4-23(22(27)9-17)36-14-19(13-31-36)24-18(10-28)12-30-25(33-24)32-20-5-7-35(8-6-20)41(2,38)39/h3-4,9,12-14,20-21,29H,5-8,11,15-16H2,1-2H3,(H,30,32,33). The van der Waals surface area contributed by atoms with Gasteiger partial charge in [-0.3, -0.25) is 0 Å². The molecule has 2 aliphatic heterocycles. The van der Waals surface area contributed by atoms with E-state index in [-0.39, 0.29) is 18.2 Å². The van der Waals surface area contributed by atoms with Crippen LogP contribution in [0.2, 0.25) is 5.02 Å². The zero-order valence-corrected chi connectivity index (χ0v) is 24.2. The summed E-state index contributed by atoms with van der Waals surface area (Å²) in [4.78, 5) is 22.0. The van der Waals surface area contributed by atoms with Crippen molar-refractivity contribution in [2.24, 2.45) is 0 Å². The summed E-state index contributed by atoms with van der Waals surface area (Å²) in [7, 11) is -1.84. The number of anilines is 1. The molecule has 1 aromatic carbocycles. The first-order valence-corrected chi connectivity index (χ1v) is 15.3. The Morgan fingerprint density at radius 2 is 1.98 bits per heavy atom. The molecule has 0 radical (unpaired) electrons. The lowest BCUT2D eigenvalue weighted by Crippen LogP contribution is -2.59. The van der Waals surface area contributed by atoms with Gasteiger partial charge in [-0.1, -0.05) is 17.7 Å². The second kappa shape index (κ2) is 12.0. The smallest absolute Gasteiger partial charge is 0.409 e. The van der Waals surface area contributed by atoms with Crippen LogP contribution in [0, 0.1) is 11.3 Å². The number of sulfonamides is 1. The van der Waals surface area contributed by atoms with E-state index >= 15 is 0 Å². The maximum absolute atomic E-state index is 11.8. The van der Waals surface area contributed by atoms with Crippen LogP contribution in [0.15, 0.2) is 36.8 Å². The normalized spacial score (nSPS) is 16.7. The number of aromatic nitrogens is 4. The van der Waals surface area contributed by atoms with Crippen LogP contribution in [0.1, 0.15) is 24.0 Å². The van der Waals surface area contributed by atoms with Crippen molar-refractivity contribution in [2.75, 3.05) is 44.9 Å². The molecule has 1 amide bonds. The van der Waals surface area contributed by atoms with Gasteiger partial charge in [-0.05, 0) is 30.5 Å². The van der Waals surface area contributed by atoms with Gasteiger partial charge in [0.05, 0.1) is 47.7 Å². The van der Waals surface area contributed by atoms with Gasteiger partial charge in [-0.15, -0.1) is 0 Å². The zero-order chi connectivity index (χ0) is 29.1. The quantitative estimate of drug-likeness (QED) is 0.393. The molecule has 0 atom stereocenters. The molecule has 0 spiro atoms. The fraction of sp³-hybridized carbons (Fsp3) is 0.423. The van der Waals surface area contributed by atoms with E-state index in [0.29, 0.717) is 79.0 Å². The highest BCUT2D eigenvalue weighted by molar-refractivity contribution is 7.88. The Morgan fingerprint density at radius 1 is 1.22 bits per heavy atom. The third kappa shape index (κ3) is 6.59. The van der Waals surface area contributed by atoms with E-state index in [2.05, 4.69) is 31.8 Å². The molecule has 216 valence electrons. The van der Waals surface area contributed by atoms with E-state index in [1.807, 2.05) is 18.2 Å². The average Bonchev–Trinajstić information content (AvgIpc) is 3.41. The number of nitrogens with zero attached hydrogens (tertiary/aromatic N) is 7.